The molecule has 0 aliphatic carbocycles. The molecule has 3 amide bonds. The van der Waals surface area contributed by atoms with Crippen molar-refractivity contribution < 1.29 is 41.4 Å². The first-order valence-corrected chi connectivity index (χ1v) is 9.81. The summed E-state index contributed by atoms with van der Waals surface area (Å²) >= 11 is 0. The second kappa shape index (κ2) is 14.0. The molecular formula is C23H25MnN3O5. The Morgan fingerprint density at radius 1 is 1.19 bits per heavy atom. The van der Waals surface area contributed by atoms with Gasteiger partial charge < -0.3 is 25.4 Å². The summed E-state index contributed by atoms with van der Waals surface area (Å²) in [5, 5.41) is 13.4. The number of aliphatic carboxylic acids is 1. The van der Waals surface area contributed by atoms with Crippen LogP contribution in [0.15, 0.2) is 48.5 Å². The van der Waals surface area contributed by atoms with Crippen LogP contribution in [-0.4, -0.2) is 53.8 Å². The topological polar surface area (TPSA) is 116 Å². The van der Waals surface area contributed by atoms with E-state index in [-0.39, 0.29) is 41.3 Å². The van der Waals surface area contributed by atoms with Crippen molar-refractivity contribution in [2.24, 2.45) is 5.92 Å². The predicted molar refractivity (Wildman–Crippen MR) is 115 cm³/mol. The zero-order valence-corrected chi connectivity index (χ0v) is 18.8. The first-order valence-electron chi connectivity index (χ1n) is 9.81. The molecule has 1 fully saturated rings. The first kappa shape index (κ1) is 26.9. The van der Waals surface area contributed by atoms with Crippen LogP contribution in [0.25, 0.3) is 0 Å². The minimum atomic E-state index is -1.07. The smallest absolute Gasteiger partial charge is 0.490 e. The third-order valence-corrected chi connectivity index (χ3v) is 4.80. The quantitative estimate of drug-likeness (QED) is 0.317. The molecule has 2 aromatic rings. The Kier molecular flexibility index (Phi) is 11.8. The van der Waals surface area contributed by atoms with Crippen LogP contribution in [0.5, 0.6) is 0 Å². The molecule has 8 nitrogen and oxygen atoms in total. The van der Waals surface area contributed by atoms with Crippen molar-refractivity contribution in [2.75, 3.05) is 25.0 Å². The Bertz CT molecular complexity index is 908. The Balaban J connectivity index is 0.000000393. The standard InChI is InChI=1S/C15H17N2O4.C8H8NO.Mn/c18-13(8-11-4-2-1-3-5-11)17-7-6-12(10-17)15(21)16-9-14(19)20;1-7-4-2-3-5-8(7)9-6-10;/h2-5,12H,6-10H2,(H,16,21)(H,19,20);2-5H,1H3,(H,9,10);/q2*-1;+2/t12-;;/m0../s1. The van der Waals surface area contributed by atoms with Crippen LogP contribution < -0.4 is 10.6 Å². The molecular weight excluding hydrogens is 453 g/mol. The average molecular weight is 478 g/mol. The minimum absolute atomic E-state index is 0. The largest absolute Gasteiger partial charge is 2.00 e. The molecule has 1 saturated heterocycles. The van der Waals surface area contributed by atoms with Gasteiger partial charge in [0.1, 0.15) is 6.54 Å². The Hall–Kier alpha value is -3.16. The van der Waals surface area contributed by atoms with E-state index in [9.17, 15) is 19.2 Å². The molecule has 1 atom stereocenters. The molecule has 1 heterocycles. The molecule has 1 aliphatic heterocycles. The monoisotopic (exact) mass is 478 g/mol. The Labute approximate surface area is 197 Å². The number of carbonyl (C=O) groups excluding carboxylic acids is 3. The van der Waals surface area contributed by atoms with Crippen LogP contribution in [0.4, 0.5) is 5.69 Å². The fourth-order valence-corrected chi connectivity index (χ4v) is 3.10. The van der Waals surface area contributed by atoms with Gasteiger partial charge in [0.05, 0.1) is 12.3 Å². The number of likely N-dealkylation sites (tertiary alicyclic amines) is 1. The van der Waals surface area contributed by atoms with E-state index in [0.717, 1.165) is 16.8 Å². The molecule has 0 bridgehead atoms. The van der Waals surface area contributed by atoms with Crippen molar-refractivity contribution in [3.63, 3.8) is 0 Å². The Morgan fingerprint density at radius 3 is 2.50 bits per heavy atom. The van der Waals surface area contributed by atoms with Gasteiger partial charge in [0.25, 0.3) is 0 Å². The fourth-order valence-electron chi connectivity index (χ4n) is 3.10. The van der Waals surface area contributed by atoms with Gasteiger partial charge in [-0.1, -0.05) is 25.1 Å². The third-order valence-electron chi connectivity index (χ3n) is 4.80. The molecule has 0 aromatic heterocycles. The van der Waals surface area contributed by atoms with Gasteiger partial charge in [0.15, 0.2) is 0 Å². The van der Waals surface area contributed by atoms with Crippen molar-refractivity contribution in [1.29, 1.82) is 0 Å². The van der Waals surface area contributed by atoms with Crippen LogP contribution in [0.3, 0.4) is 0 Å². The number of nitrogens with one attached hydrogen (secondary N) is 2. The maximum atomic E-state index is 12.1. The van der Waals surface area contributed by atoms with E-state index in [4.69, 9.17) is 5.11 Å². The van der Waals surface area contributed by atoms with Gasteiger partial charge in [-0.2, -0.15) is 30.3 Å². The number of hydrogen-bond donors (Lipinski definition) is 3. The van der Waals surface area contributed by atoms with Crippen LogP contribution in [0.2, 0.25) is 0 Å². The van der Waals surface area contributed by atoms with E-state index in [1.54, 1.807) is 23.4 Å². The predicted octanol–water partition coefficient (Wildman–Crippen LogP) is 1.55. The van der Waals surface area contributed by atoms with Crippen molar-refractivity contribution in [3.8, 4) is 0 Å². The van der Waals surface area contributed by atoms with Gasteiger partial charge in [-0.15, -0.1) is 22.9 Å². The number of nitrogens with zero attached hydrogens (tertiary/aromatic N) is 1. The zero-order valence-electron chi connectivity index (χ0n) is 17.6. The van der Waals surface area contributed by atoms with Gasteiger partial charge in [0.2, 0.25) is 11.8 Å². The van der Waals surface area contributed by atoms with E-state index < -0.39 is 5.97 Å². The molecule has 2 aromatic carbocycles. The second-order valence-electron chi connectivity index (χ2n) is 7.06. The molecule has 32 heavy (non-hydrogen) atoms. The summed E-state index contributed by atoms with van der Waals surface area (Å²) in [7, 11) is 0. The van der Waals surface area contributed by atoms with Crippen molar-refractivity contribution in [2.45, 2.75) is 19.8 Å². The van der Waals surface area contributed by atoms with Crippen LogP contribution in [-0.2, 0) is 42.7 Å². The molecule has 0 spiro atoms. The minimum Gasteiger partial charge on any atom is -0.490 e. The van der Waals surface area contributed by atoms with Gasteiger partial charge in [-0.3, -0.25) is 14.4 Å². The summed E-state index contributed by atoms with van der Waals surface area (Å²) in [6.45, 7) is 2.43. The van der Waals surface area contributed by atoms with Crippen LogP contribution in [0, 0.1) is 18.9 Å². The number of para-hydroxylation sites is 1. The number of carboxylic acid groups (broad SMARTS) is 1. The summed E-state index contributed by atoms with van der Waals surface area (Å²) in [6.07, 6.45) is 2.50. The number of anilines is 1. The van der Waals surface area contributed by atoms with Gasteiger partial charge in [-0.05, 0) is 6.42 Å². The average Bonchev–Trinajstić information content (AvgIpc) is 3.26. The van der Waals surface area contributed by atoms with Gasteiger partial charge in [-0.25, -0.2) is 0 Å². The Morgan fingerprint density at radius 2 is 1.88 bits per heavy atom. The summed E-state index contributed by atoms with van der Waals surface area (Å²) in [6, 6.07) is 17.6. The molecule has 169 valence electrons. The third kappa shape index (κ3) is 8.91. The first-order chi connectivity index (χ1) is 14.9. The van der Waals surface area contributed by atoms with E-state index in [0.29, 0.717) is 25.9 Å². The SMILES string of the molecule is Cc1ccccc1N[C-]=O.O=C(O)CNC(=O)[C@H]1CCN(C(=O)Cc2cc[c-]cc2)C1.[Mn+2]. The number of benzene rings is 2. The van der Waals surface area contributed by atoms with Crippen molar-refractivity contribution in [1.82, 2.24) is 10.2 Å². The number of amides is 3. The fraction of sp³-hybridized carbons (Fsp3) is 0.304. The molecule has 3 N–H and O–H groups in total. The number of carboxylic acids is 1. The number of hydrogen-bond acceptors (Lipinski definition) is 4. The van der Waals surface area contributed by atoms with Crippen LogP contribution in [0.1, 0.15) is 17.5 Å². The number of rotatable bonds is 7. The number of carbonyl (C=O) groups is 3. The molecule has 1 aliphatic rings. The van der Waals surface area contributed by atoms with Crippen molar-refractivity contribution >= 4 is 29.9 Å². The van der Waals surface area contributed by atoms with Crippen molar-refractivity contribution in [3.05, 3.63) is 65.7 Å². The van der Waals surface area contributed by atoms with E-state index in [1.165, 1.54) is 0 Å². The molecule has 0 unspecified atom stereocenters. The molecule has 3 rings (SSSR count). The number of aryl methyl sites for hydroxylation is 1. The zero-order chi connectivity index (χ0) is 22.6. The van der Waals surface area contributed by atoms with E-state index in [2.05, 4.69) is 16.7 Å². The van der Waals surface area contributed by atoms with E-state index in [1.807, 2.05) is 43.3 Å². The van der Waals surface area contributed by atoms with Crippen LogP contribution >= 0.6 is 0 Å². The second-order valence-corrected chi connectivity index (χ2v) is 7.06. The molecule has 1 radical (unpaired) electrons. The molecule has 9 heteroatoms. The summed E-state index contributed by atoms with van der Waals surface area (Å²) in [5.41, 5.74) is 2.78. The van der Waals surface area contributed by atoms with Gasteiger partial charge >= 0.3 is 23.0 Å². The summed E-state index contributed by atoms with van der Waals surface area (Å²) < 4.78 is 0. The summed E-state index contributed by atoms with van der Waals surface area (Å²) in [5.74, 6) is -1.72. The molecule has 0 saturated carbocycles. The maximum absolute atomic E-state index is 12.1. The summed E-state index contributed by atoms with van der Waals surface area (Å²) in [4.78, 5) is 45.9. The van der Waals surface area contributed by atoms with E-state index >= 15 is 0 Å². The normalized spacial score (nSPS) is 14.3. The van der Waals surface area contributed by atoms with Gasteiger partial charge in [0, 0.05) is 19.5 Å². The maximum Gasteiger partial charge on any atom is 2.00 e.